The number of nitrogens with one attached hydrogen (secondary N) is 1. The van der Waals surface area contributed by atoms with Crippen molar-refractivity contribution in [1.29, 1.82) is 0 Å². The van der Waals surface area contributed by atoms with Crippen LogP contribution in [0.1, 0.15) is 11.1 Å². The summed E-state index contributed by atoms with van der Waals surface area (Å²) >= 11 is 8.17. The summed E-state index contributed by atoms with van der Waals surface area (Å²) in [6.45, 7) is 0.371. The number of carbonyl (C=O) groups is 1. The molecule has 0 aromatic heterocycles. The summed E-state index contributed by atoms with van der Waals surface area (Å²) in [7, 11) is 0. The highest BCUT2D eigenvalue weighted by atomic mass is 79.9. The van der Waals surface area contributed by atoms with Crippen molar-refractivity contribution >= 4 is 72.1 Å². The number of carbonyl (C=O) groups excluding carboxylic acids is 1. The second-order valence-corrected chi connectivity index (χ2v) is 9.64. The molecule has 1 saturated heterocycles. The molecule has 3 aromatic rings. The molecule has 1 fully saturated rings. The number of ether oxygens (including phenoxy) is 1. The highest BCUT2D eigenvalue weighted by molar-refractivity contribution is 9.11. The van der Waals surface area contributed by atoms with E-state index in [4.69, 9.17) is 4.74 Å². The highest BCUT2D eigenvalue weighted by Gasteiger charge is 2.25. The van der Waals surface area contributed by atoms with E-state index in [1.165, 1.54) is 12.1 Å². The standard InChI is InChI=1S/C23H15Br2N3O4S/c24-16-9-15(21(19(25)11-16)32-13-14-5-2-1-3-6-14)10-20-22(29)27-23(33-20)26-17-7-4-8-18(12-17)28(30)31/h1-12H,13H2,(H,26,27,29)/b20-10-. The summed E-state index contributed by atoms with van der Waals surface area (Å²) < 4.78 is 7.63. The zero-order valence-electron chi connectivity index (χ0n) is 16.8. The van der Waals surface area contributed by atoms with E-state index in [-0.39, 0.29) is 11.6 Å². The number of amides is 1. The van der Waals surface area contributed by atoms with Crippen LogP contribution in [-0.4, -0.2) is 16.0 Å². The first-order valence-electron chi connectivity index (χ1n) is 9.59. The Balaban J connectivity index is 1.60. The fourth-order valence-corrected chi connectivity index (χ4v) is 5.19. The molecule has 0 atom stereocenters. The molecule has 0 aliphatic carbocycles. The van der Waals surface area contributed by atoms with Gasteiger partial charge in [0.2, 0.25) is 0 Å². The van der Waals surface area contributed by atoms with Crippen molar-refractivity contribution in [2.24, 2.45) is 4.99 Å². The Morgan fingerprint density at radius 2 is 1.88 bits per heavy atom. The van der Waals surface area contributed by atoms with Crippen LogP contribution in [0.15, 0.2) is 85.6 Å². The molecule has 1 amide bonds. The van der Waals surface area contributed by atoms with Gasteiger partial charge in [-0.1, -0.05) is 52.3 Å². The van der Waals surface area contributed by atoms with Crippen molar-refractivity contribution in [1.82, 2.24) is 5.32 Å². The molecule has 4 rings (SSSR count). The van der Waals surface area contributed by atoms with Gasteiger partial charge in [0.05, 0.1) is 20.0 Å². The molecule has 7 nitrogen and oxygen atoms in total. The molecular formula is C23H15Br2N3O4S. The van der Waals surface area contributed by atoms with Crippen molar-refractivity contribution in [3.8, 4) is 5.75 Å². The van der Waals surface area contributed by atoms with Crippen LogP contribution < -0.4 is 10.1 Å². The first kappa shape index (κ1) is 23.2. The van der Waals surface area contributed by atoms with E-state index in [0.717, 1.165) is 26.3 Å². The quantitative estimate of drug-likeness (QED) is 0.199. The number of aliphatic imine (C=N–C) groups is 1. The van der Waals surface area contributed by atoms with E-state index >= 15 is 0 Å². The van der Waals surface area contributed by atoms with E-state index in [1.807, 2.05) is 42.5 Å². The predicted octanol–water partition coefficient (Wildman–Crippen LogP) is 6.59. The highest BCUT2D eigenvalue weighted by Crippen LogP contribution is 2.37. The van der Waals surface area contributed by atoms with Gasteiger partial charge in [0.15, 0.2) is 5.17 Å². The van der Waals surface area contributed by atoms with E-state index in [1.54, 1.807) is 18.2 Å². The maximum absolute atomic E-state index is 12.6. The summed E-state index contributed by atoms with van der Waals surface area (Å²) in [5.74, 6) is 0.293. The van der Waals surface area contributed by atoms with Gasteiger partial charge < -0.3 is 10.1 Å². The van der Waals surface area contributed by atoms with E-state index < -0.39 is 4.92 Å². The minimum atomic E-state index is -0.489. The van der Waals surface area contributed by atoms with Crippen LogP contribution in [0.3, 0.4) is 0 Å². The smallest absolute Gasteiger partial charge is 0.271 e. The van der Waals surface area contributed by atoms with Gasteiger partial charge in [0.1, 0.15) is 12.4 Å². The van der Waals surface area contributed by atoms with Gasteiger partial charge in [-0.05, 0) is 57.5 Å². The molecule has 0 bridgehead atoms. The Bertz CT molecular complexity index is 1300. The number of rotatable bonds is 6. The lowest BCUT2D eigenvalue weighted by molar-refractivity contribution is -0.384. The minimum absolute atomic E-state index is 0.0684. The number of thioether (sulfide) groups is 1. The van der Waals surface area contributed by atoms with Crippen molar-refractivity contribution in [2.45, 2.75) is 6.61 Å². The lowest BCUT2D eigenvalue weighted by Gasteiger charge is -2.12. The molecule has 1 aliphatic heterocycles. The molecule has 3 aromatic carbocycles. The number of benzene rings is 3. The fourth-order valence-electron chi connectivity index (χ4n) is 2.98. The summed E-state index contributed by atoms with van der Waals surface area (Å²) in [6, 6.07) is 19.4. The number of hydrogen-bond donors (Lipinski definition) is 1. The van der Waals surface area contributed by atoms with Crippen LogP contribution in [0.5, 0.6) is 5.75 Å². The zero-order valence-corrected chi connectivity index (χ0v) is 20.8. The molecular weight excluding hydrogens is 574 g/mol. The largest absolute Gasteiger partial charge is 0.487 e. The van der Waals surface area contributed by atoms with Gasteiger partial charge in [-0.15, -0.1) is 0 Å². The maximum atomic E-state index is 12.6. The van der Waals surface area contributed by atoms with Crippen molar-refractivity contribution in [3.05, 3.63) is 102 Å². The van der Waals surface area contributed by atoms with E-state index in [9.17, 15) is 14.9 Å². The molecule has 33 heavy (non-hydrogen) atoms. The Hall–Kier alpha value is -2.95. The number of nitrogens with zero attached hydrogens (tertiary/aromatic N) is 2. The Morgan fingerprint density at radius 1 is 1.09 bits per heavy atom. The van der Waals surface area contributed by atoms with Crippen LogP contribution >= 0.6 is 43.6 Å². The van der Waals surface area contributed by atoms with Crippen LogP contribution in [0.2, 0.25) is 0 Å². The SMILES string of the molecule is O=C1NC(=Nc2cccc([N+](=O)[O-])c2)S/C1=C\c1cc(Br)cc(Br)c1OCc1ccccc1. The van der Waals surface area contributed by atoms with Crippen LogP contribution in [0, 0.1) is 10.1 Å². The number of amidine groups is 1. The normalized spacial score (nSPS) is 15.6. The number of nitro benzene ring substituents is 1. The molecule has 166 valence electrons. The average Bonchev–Trinajstić information content (AvgIpc) is 3.12. The van der Waals surface area contributed by atoms with Gasteiger partial charge in [0, 0.05) is 22.2 Å². The fraction of sp³-hybridized carbons (Fsp3) is 0.0435. The molecule has 0 spiro atoms. The number of nitro groups is 1. The van der Waals surface area contributed by atoms with Gasteiger partial charge in [0.25, 0.3) is 11.6 Å². The van der Waals surface area contributed by atoms with E-state index in [2.05, 4.69) is 42.2 Å². The first-order valence-corrected chi connectivity index (χ1v) is 12.0. The topological polar surface area (TPSA) is 93.8 Å². The Labute approximate surface area is 210 Å². The lowest BCUT2D eigenvalue weighted by atomic mass is 10.1. The minimum Gasteiger partial charge on any atom is -0.487 e. The molecule has 1 aliphatic rings. The van der Waals surface area contributed by atoms with Crippen LogP contribution in [-0.2, 0) is 11.4 Å². The van der Waals surface area contributed by atoms with Crippen molar-refractivity contribution < 1.29 is 14.5 Å². The molecule has 1 N–H and O–H groups in total. The monoisotopic (exact) mass is 587 g/mol. The number of halogens is 2. The average molecular weight is 589 g/mol. The third-order valence-electron chi connectivity index (χ3n) is 4.47. The third-order valence-corrected chi connectivity index (χ3v) is 6.43. The summed E-state index contributed by atoms with van der Waals surface area (Å²) in [5, 5.41) is 14.0. The second-order valence-electron chi connectivity index (χ2n) is 6.84. The van der Waals surface area contributed by atoms with Gasteiger partial charge >= 0.3 is 0 Å². The maximum Gasteiger partial charge on any atom is 0.271 e. The van der Waals surface area contributed by atoms with E-state index in [0.29, 0.717) is 33.7 Å². The van der Waals surface area contributed by atoms with Crippen molar-refractivity contribution in [2.75, 3.05) is 0 Å². The number of non-ortho nitro benzene ring substituents is 1. The van der Waals surface area contributed by atoms with Gasteiger partial charge in [-0.2, -0.15) is 0 Å². The molecule has 0 unspecified atom stereocenters. The summed E-state index contributed by atoms with van der Waals surface area (Å²) in [4.78, 5) is 27.8. The van der Waals surface area contributed by atoms with Gasteiger partial charge in [-0.3, -0.25) is 14.9 Å². The third kappa shape index (κ3) is 5.89. The zero-order chi connectivity index (χ0) is 23.4. The van der Waals surface area contributed by atoms with Crippen molar-refractivity contribution in [3.63, 3.8) is 0 Å². The summed E-state index contributed by atoms with van der Waals surface area (Å²) in [5.41, 5.74) is 2.04. The van der Waals surface area contributed by atoms with Crippen LogP contribution in [0.25, 0.3) is 6.08 Å². The second kappa shape index (κ2) is 10.3. The molecule has 0 radical (unpaired) electrons. The van der Waals surface area contributed by atoms with Gasteiger partial charge in [-0.25, -0.2) is 4.99 Å². The lowest BCUT2D eigenvalue weighted by Crippen LogP contribution is -2.19. The summed E-state index contributed by atoms with van der Waals surface area (Å²) in [6.07, 6.45) is 1.73. The first-order chi connectivity index (χ1) is 15.9. The molecule has 1 heterocycles. The Kier molecular flexibility index (Phi) is 7.26. The predicted molar refractivity (Wildman–Crippen MR) is 137 cm³/mol. The Morgan fingerprint density at radius 3 is 2.64 bits per heavy atom. The molecule has 10 heteroatoms. The van der Waals surface area contributed by atoms with Crippen LogP contribution in [0.4, 0.5) is 11.4 Å². The number of hydrogen-bond acceptors (Lipinski definition) is 6. The molecule has 0 saturated carbocycles.